The van der Waals surface area contributed by atoms with Crippen LogP contribution in [0.3, 0.4) is 0 Å². The molecule has 20 heavy (non-hydrogen) atoms. The molecule has 0 fully saturated rings. The molecule has 0 unspecified atom stereocenters. The molecular formula is C14H11IN2O2S. The van der Waals surface area contributed by atoms with Crippen molar-refractivity contribution < 1.29 is 8.42 Å². The van der Waals surface area contributed by atoms with E-state index in [0.717, 1.165) is 3.57 Å². The van der Waals surface area contributed by atoms with Crippen LogP contribution in [-0.4, -0.2) is 8.42 Å². The van der Waals surface area contributed by atoms with Gasteiger partial charge in [-0.15, -0.1) is 0 Å². The molecule has 2 aromatic rings. The lowest BCUT2D eigenvalue weighted by Gasteiger charge is -2.10. The predicted octanol–water partition coefficient (Wildman–Crippen LogP) is 3.27. The van der Waals surface area contributed by atoms with Crippen LogP contribution in [0.4, 0.5) is 5.69 Å². The molecule has 4 nitrogen and oxygen atoms in total. The first-order valence-corrected chi connectivity index (χ1v) is 8.28. The highest BCUT2D eigenvalue weighted by molar-refractivity contribution is 14.1. The summed E-state index contributed by atoms with van der Waals surface area (Å²) in [4.78, 5) is 0.147. The van der Waals surface area contributed by atoms with E-state index in [4.69, 9.17) is 5.26 Å². The Kier molecular flexibility index (Phi) is 4.30. The van der Waals surface area contributed by atoms with Crippen molar-refractivity contribution in [3.8, 4) is 6.07 Å². The highest BCUT2D eigenvalue weighted by atomic mass is 127. The second-order valence-electron chi connectivity index (χ2n) is 4.17. The summed E-state index contributed by atoms with van der Waals surface area (Å²) in [5, 5.41) is 8.87. The lowest BCUT2D eigenvalue weighted by molar-refractivity contribution is 0.601. The Morgan fingerprint density at radius 3 is 2.50 bits per heavy atom. The molecule has 2 rings (SSSR count). The molecule has 0 spiro atoms. The monoisotopic (exact) mass is 398 g/mol. The molecule has 2 aromatic carbocycles. The summed E-state index contributed by atoms with van der Waals surface area (Å²) in [6, 6.07) is 13.6. The maximum atomic E-state index is 12.3. The first-order valence-electron chi connectivity index (χ1n) is 5.72. The highest BCUT2D eigenvalue weighted by Crippen LogP contribution is 2.22. The lowest BCUT2D eigenvalue weighted by atomic mass is 10.1. The average molecular weight is 398 g/mol. The maximum Gasteiger partial charge on any atom is 0.261 e. The SMILES string of the molecule is Cc1cc(S(=O)(=O)Nc2ccccc2I)ccc1C#N. The predicted molar refractivity (Wildman–Crippen MR) is 85.9 cm³/mol. The number of sulfonamides is 1. The molecule has 0 atom stereocenters. The van der Waals surface area contributed by atoms with E-state index in [0.29, 0.717) is 16.8 Å². The van der Waals surface area contributed by atoms with Gasteiger partial charge in [-0.25, -0.2) is 8.42 Å². The number of anilines is 1. The number of aryl methyl sites for hydroxylation is 1. The van der Waals surface area contributed by atoms with Gasteiger partial charge in [0, 0.05) is 3.57 Å². The second-order valence-corrected chi connectivity index (χ2v) is 7.02. The van der Waals surface area contributed by atoms with E-state index in [-0.39, 0.29) is 4.90 Å². The number of hydrogen-bond donors (Lipinski definition) is 1. The summed E-state index contributed by atoms with van der Waals surface area (Å²) in [6.45, 7) is 1.71. The number of nitriles is 1. The van der Waals surface area contributed by atoms with Crippen molar-refractivity contribution >= 4 is 38.3 Å². The van der Waals surface area contributed by atoms with E-state index in [2.05, 4.69) is 27.3 Å². The number of para-hydroxylation sites is 1. The Hall–Kier alpha value is -1.59. The Morgan fingerprint density at radius 2 is 1.90 bits per heavy atom. The van der Waals surface area contributed by atoms with Gasteiger partial charge < -0.3 is 0 Å². The maximum absolute atomic E-state index is 12.3. The van der Waals surface area contributed by atoms with Gasteiger partial charge in [0.05, 0.1) is 22.2 Å². The van der Waals surface area contributed by atoms with E-state index in [1.165, 1.54) is 18.2 Å². The van der Waals surface area contributed by atoms with Crippen molar-refractivity contribution in [3.63, 3.8) is 0 Å². The van der Waals surface area contributed by atoms with E-state index in [1.54, 1.807) is 19.1 Å². The average Bonchev–Trinajstić information content (AvgIpc) is 2.41. The second kappa shape index (κ2) is 5.81. The summed E-state index contributed by atoms with van der Waals surface area (Å²) < 4.78 is 28.0. The number of halogens is 1. The molecule has 1 N–H and O–H groups in total. The van der Waals surface area contributed by atoms with Crippen LogP contribution in [0.5, 0.6) is 0 Å². The first kappa shape index (κ1) is 14.8. The summed E-state index contributed by atoms with van der Waals surface area (Å²) in [7, 11) is -3.65. The van der Waals surface area contributed by atoms with Gasteiger partial charge in [0.25, 0.3) is 10.0 Å². The molecular weight excluding hydrogens is 387 g/mol. The van der Waals surface area contributed by atoms with Gasteiger partial charge in [0.15, 0.2) is 0 Å². The smallest absolute Gasteiger partial charge is 0.261 e. The zero-order valence-corrected chi connectivity index (χ0v) is 13.6. The van der Waals surface area contributed by atoms with Crippen molar-refractivity contribution in [2.24, 2.45) is 0 Å². The fourth-order valence-electron chi connectivity index (χ4n) is 1.68. The van der Waals surface area contributed by atoms with Crippen molar-refractivity contribution in [2.45, 2.75) is 11.8 Å². The van der Waals surface area contributed by atoms with Crippen molar-refractivity contribution in [1.29, 1.82) is 5.26 Å². The number of hydrogen-bond acceptors (Lipinski definition) is 3. The van der Waals surface area contributed by atoms with Gasteiger partial charge in [-0.1, -0.05) is 12.1 Å². The molecule has 6 heteroatoms. The van der Waals surface area contributed by atoms with Gasteiger partial charge in [-0.3, -0.25) is 4.72 Å². The number of benzene rings is 2. The van der Waals surface area contributed by atoms with Crippen LogP contribution >= 0.6 is 22.6 Å². The fourth-order valence-corrected chi connectivity index (χ4v) is 3.55. The third-order valence-corrected chi connectivity index (χ3v) is 5.05. The number of rotatable bonds is 3. The lowest BCUT2D eigenvalue weighted by Crippen LogP contribution is -2.14. The van der Waals surface area contributed by atoms with Gasteiger partial charge in [-0.05, 0) is 65.4 Å². The molecule has 0 bridgehead atoms. The first-order chi connectivity index (χ1) is 9.44. The van der Waals surface area contributed by atoms with Crippen LogP contribution in [0.15, 0.2) is 47.4 Å². The summed E-state index contributed by atoms with van der Waals surface area (Å²) in [5.74, 6) is 0. The summed E-state index contributed by atoms with van der Waals surface area (Å²) in [6.07, 6.45) is 0. The van der Waals surface area contributed by atoms with Crippen molar-refractivity contribution in [2.75, 3.05) is 4.72 Å². The molecule has 0 saturated heterocycles. The molecule has 0 radical (unpaired) electrons. The topological polar surface area (TPSA) is 70.0 Å². The zero-order chi connectivity index (χ0) is 14.8. The van der Waals surface area contributed by atoms with Gasteiger partial charge >= 0.3 is 0 Å². The molecule has 0 aliphatic heterocycles. The van der Waals surface area contributed by atoms with Crippen molar-refractivity contribution in [3.05, 3.63) is 57.2 Å². The van der Waals surface area contributed by atoms with Gasteiger partial charge in [0.2, 0.25) is 0 Å². The molecule has 0 aliphatic rings. The molecule has 0 aliphatic carbocycles. The summed E-state index contributed by atoms with van der Waals surface area (Å²) in [5.41, 5.74) is 1.64. The normalized spacial score (nSPS) is 10.8. The minimum atomic E-state index is -3.65. The van der Waals surface area contributed by atoms with E-state index < -0.39 is 10.0 Å². The van der Waals surface area contributed by atoms with Crippen LogP contribution in [-0.2, 0) is 10.0 Å². The van der Waals surface area contributed by atoms with Crippen molar-refractivity contribution in [1.82, 2.24) is 0 Å². The minimum Gasteiger partial charge on any atom is -0.279 e. The largest absolute Gasteiger partial charge is 0.279 e. The highest BCUT2D eigenvalue weighted by Gasteiger charge is 2.16. The zero-order valence-electron chi connectivity index (χ0n) is 10.6. The minimum absolute atomic E-state index is 0.147. The molecule has 102 valence electrons. The van der Waals surface area contributed by atoms with E-state index in [1.807, 2.05) is 18.2 Å². The van der Waals surface area contributed by atoms with Crippen LogP contribution < -0.4 is 4.72 Å². The third-order valence-electron chi connectivity index (χ3n) is 2.75. The van der Waals surface area contributed by atoms with Gasteiger partial charge in [-0.2, -0.15) is 5.26 Å². The van der Waals surface area contributed by atoms with Gasteiger partial charge in [0.1, 0.15) is 0 Å². The fraction of sp³-hybridized carbons (Fsp3) is 0.0714. The molecule has 0 amide bonds. The Balaban J connectivity index is 2.39. The summed E-state index contributed by atoms with van der Waals surface area (Å²) >= 11 is 2.07. The Morgan fingerprint density at radius 1 is 1.20 bits per heavy atom. The number of nitrogens with zero attached hydrogens (tertiary/aromatic N) is 1. The van der Waals surface area contributed by atoms with Crippen LogP contribution in [0.2, 0.25) is 0 Å². The van der Waals surface area contributed by atoms with Crippen LogP contribution in [0.25, 0.3) is 0 Å². The molecule has 0 heterocycles. The van der Waals surface area contributed by atoms with Crippen LogP contribution in [0.1, 0.15) is 11.1 Å². The Labute approximate surface area is 131 Å². The Bertz CT molecular complexity index is 795. The molecule has 0 saturated carbocycles. The molecule has 0 aromatic heterocycles. The van der Waals surface area contributed by atoms with E-state index >= 15 is 0 Å². The quantitative estimate of drug-likeness (QED) is 0.807. The number of nitrogens with one attached hydrogen (secondary N) is 1. The third kappa shape index (κ3) is 3.11. The van der Waals surface area contributed by atoms with Crippen LogP contribution in [0, 0.1) is 21.8 Å². The van der Waals surface area contributed by atoms with E-state index in [9.17, 15) is 8.42 Å². The standard InChI is InChI=1S/C14H11IN2O2S/c1-10-8-12(7-6-11(10)9-16)20(18,19)17-14-5-3-2-4-13(14)15/h2-8,17H,1H3.